The fourth-order valence-electron chi connectivity index (χ4n) is 1.86. The molecule has 1 aliphatic heterocycles. The van der Waals surface area contributed by atoms with Gasteiger partial charge in [-0.1, -0.05) is 6.42 Å². The van der Waals surface area contributed by atoms with Crippen molar-refractivity contribution in [3.63, 3.8) is 0 Å². The standard InChI is InChI=1S/C9H19BN2/c1-11-7-4-3-5-9(11)6-8-12(2)10/h9H,3-8H2,1-2H3. The normalized spacial score (nSPS) is 26.4. The summed E-state index contributed by atoms with van der Waals surface area (Å²) in [6.07, 6.45) is 5.32. The van der Waals surface area contributed by atoms with E-state index in [1.54, 1.807) is 4.81 Å². The van der Waals surface area contributed by atoms with Crippen molar-refractivity contribution in [3.05, 3.63) is 0 Å². The van der Waals surface area contributed by atoms with Crippen molar-refractivity contribution >= 4 is 7.98 Å². The van der Waals surface area contributed by atoms with Gasteiger partial charge in [-0.25, -0.2) is 0 Å². The van der Waals surface area contributed by atoms with Crippen LogP contribution in [0.15, 0.2) is 0 Å². The van der Waals surface area contributed by atoms with Gasteiger partial charge in [0.1, 0.15) is 0 Å². The van der Waals surface area contributed by atoms with Gasteiger partial charge in [0, 0.05) is 6.04 Å². The second kappa shape index (κ2) is 4.88. The Morgan fingerprint density at radius 3 is 2.83 bits per heavy atom. The van der Waals surface area contributed by atoms with Gasteiger partial charge in [0.15, 0.2) is 7.98 Å². The molecule has 0 bridgehead atoms. The molecule has 0 N–H and O–H groups in total. The molecule has 1 fully saturated rings. The highest BCUT2D eigenvalue weighted by atomic mass is 15.1. The van der Waals surface area contributed by atoms with Gasteiger partial charge in [-0.3, -0.25) is 0 Å². The Hall–Kier alpha value is -0.0151. The van der Waals surface area contributed by atoms with Crippen molar-refractivity contribution < 1.29 is 0 Å². The molecule has 1 saturated heterocycles. The van der Waals surface area contributed by atoms with Crippen LogP contribution in [0.3, 0.4) is 0 Å². The number of nitrogens with zero attached hydrogens (tertiary/aromatic N) is 2. The molecule has 1 heterocycles. The fourth-order valence-corrected chi connectivity index (χ4v) is 1.86. The lowest BCUT2D eigenvalue weighted by Crippen LogP contribution is -2.38. The van der Waals surface area contributed by atoms with Crippen molar-refractivity contribution in [2.45, 2.75) is 31.7 Å². The molecule has 3 heteroatoms. The minimum Gasteiger partial charge on any atom is -0.356 e. The molecule has 0 spiro atoms. The zero-order valence-electron chi connectivity index (χ0n) is 8.29. The summed E-state index contributed by atoms with van der Waals surface area (Å²) in [5.41, 5.74) is 0. The third-order valence-electron chi connectivity index (χ3n) is 2.74. The second-order valence-corrected chi connectivity index (χ2v) is 3.90. The molecule has 12 heavy (non-hydrogen) atoms. The zero-order valence-corrected chi connectivity index (χ0v) is 8.29. The summed E-state index contributed by atoms with van der Waals surface area (Å²) < 4.78 is 0. The van der Waals surface area contributed by atoms with Crippen LogP contribution in [0.4, 0.5) is 0 Å². The summed E-state index contributed by atoms with van der Waals surface area (Å²) >= 11 is 0. The molecular weight excluding hydrogens is 147 g/mol. The van der Waals surface area contributed by atoms with Crippen molar-refractivity contribution in [1.29, 1.82) is 0 Å². The van der Waals surface area contributed by atoms with E-state index in [1.807, 2.05) is 7.05 Å². The van der Waals surface area contributed by atoms with Crippen molar-refractivity contribution in [1.82, 2.24) is 9.71 Å². The summed E-state index contributed by atoms with van der Waals surface area (Å²) in [5.74, 6) is 0. The summed E-state index contributed by atoms with van der Waals surface area (Å²) in [6.45, 7) is 2.27. The third kappa shape index (κ3) is 3.15. The maximum absolute atomic E-state index is 5.57. The van der Waals surface area contributed by atoms with Crippen molar-refractivity contribution in [2.24, 2.45) is 0 Å². The predicted molar refractivity (Wildman–Crippen MR) is 53.3 cm³/mol. The molecule has 2 nitrogen and oxygen atoms in total. The Labute approximate surface area is 77.3 Å². The van der Waals surface area contributed by atoms with Crippen LogP contribution in [-0.2, 0) is 0 Å². The summed E-state index contributed by atoms with van der Waals surface area (Å²) in [7, 11) is 9.73. The minimum absolute atomic E-state index is 0.768. The number of hydrogen-bond acceptors (Lipinski definition) is 2. The lowest BCUT2D eigenvalue weighted by atomic mass is 10.00. The summed E-state index contributed by atoms with van der Waals surface area (Å²) in [5, 5.41) is 0. The third-order valence-corrected chi connectivity index (χ3v) is 2.74. The fraction of sp³-hybridized carbons (Fsp3) is 1.00. The molecule has 68 valence electrons. The number of hydrogen-bond donors (Lipinski definition) is 0. The van der Waals surface area contributed by atoms with Crippen LogP contribution < -0.4 is 0 Å². The first-order valence-electron chi connectivity index (χ1n) is 4.86. The Bertz CT molecular complexity index is 128. The van der Waals surface area contributed by atoms with Crippen LogP contribution in [0.2, 0.25) is 0 Å². The van der Waals surface area contributed by atoms with Gasteiger partial charge in [0.05, 0.1) is 0 Å². The molecule has 2 radical (unpaired) electrons. The number of rotatable bonds is 3. The van der Waals surface area contributed by atoms with Gasteiger partial charge in [-0.15, -0.1) is 0 Å². The molecule has 0 aromatic heterocycles. The van der Waals surface area contributed by atoms with Gasteiger partial charge < -0.3 is 9.71 Å². The molecule has 0 aliphatic carbocycles. The zero-order chi connectivity index (χ0) is 8.97. The smallest absolute Gasteiger partial charge is 0.182 e. The van der Waals surface area contributed by atoms with E-state index < -0.39 is 0 Å². The first-order chi connectivity index (χ1) is 5.70. The monoisotopic (exact) mass is 166 g/mol. The van der Waals surface area contributed by atoms with Crippen LogP contribution in [0, 0.1) is 0 Å². The maximum Gasteiger partial charge on any atom is 0.182 e. The maximum atomic E-state index is 5.57. The molecule has 0 amide bonds. The Morgan fingerprint density at radius 1 is 1.50 bits per heavy atom. The Kier molecular flexibility index (Phi) is 4.09. The number of piperidine rings is 1. The van der Waals surface area contributed by atoms with E-state index in [9.17, 15) is 0 Å². The van der Waals surface area contributed by atoms with Crippen LogP contribution in [-0.4, -0.2) is 50.9 Å². The van der Waals surface area contributed by atoms with Crippen LogP contribution >= 0.6 is 0 Å². The SMILES string of the molecule is [B]N(C)CCC1CCCCN1C. The summed E-state index contributed by atoms with van der Waals surface area (Å²) in [4.78, 5) is 4.25. The van der Waals surface area contributed by atoms with Gasteiger partial charge in [-0.2, -0.15) is 0 Å². The quantitative estimate of drug-likeness (QED) is 0.574. The molecule has 1 rings (SSSR count). The predicted octanol–water partition coefficient (Wildman–Crippen LogP) is 0.876. The average molecular weight is 166 g/mol. The van der Waals surface area contributed by atoms with Crippen LogP contribution in [0.5, 0.6) is 0 Å². The molecular formula is C9H19BN2. The van der Waals surface area contributed by atoms with E-state index >= 15 is 0 Å². The van der Waals surface area contributed by atoms with Crippen LogP contribution in [0.1, 0.15) is 25.7 Å². The second-order valence-electron chi connectivity index (χ2n) is 3.90. The molecule has 1 aliphatic rings. The largest absolute Gasteiger partial charge is 0.356 e. The first kappa shape index (κ1) is 10.1. The Balaban J connectivity index is 2.20. The minimum atomic E-state index is 0.768. The molecule has 0 saturated carbocycles. The van der Waals surface area contributed by atoms with Crippen molar-refractivity contribution in [2.75, 3.05) is 27.2 Å². The van der Waals surface area contributed by atoms with Crippen LogP contribution in [0.25, 0.3) is 0 Å². The van der Waals surface area contributed by atoms with Gasteiger partial charge in [0.2, 0.25) is 0 Å². The first-order valence-corrected chi connectivity index (χ1v) is 4.86. The molecule has 0 aromatic rings. The van der Waals surface area contributed by atoms with E-state index in [-0.39, 0.29) is 0 Å². The van der Waals surface area contributed by atoms with Crippen molar-refractivity contribution in [3.8, 4) is 0 Å². The lowest BCUT2D eigenvalue weighted by Gasteiger charge is -2.33. The van der Waals surface area contributed by atoms with E-state index in [4.69, 9.17) is 7.98 Å². The Morgan fingerprint density at radius 2 is 2.25 bits per heavy atom. The topological polar surface area (TPSA) is 6.48 Å². The highest BCUT2D eigenvalue weighted by Crippen LogP contribution is 2.17. The van der Waals surface area contributed by atoms with E-state index in [0.717, 1.165) is 12.6 Å². The van der Waals surface area contributed by atoms with Gasteiger partial charge in [-0.05, 0) is 46.4 Å². The summed E-state index contributed by atoms with van der Waals surface area (Å²) in [6, 6.07) is 0.768. The average Bonchev–Trinajstić information content (AvgIpc) is 2.03. The van der Waals surface area contributed by atoms with Gasteiger partial charge in [0.25, 0.3) is 0 Å². The highest BCUT2D eigenvalue weighted by molar-refractivity contribution is 6.04. The molecule has 0 aromatic carbocycles. The van der Waals surface area contributed by atoms with E-state index in [2.05, 4.69) is 11.9 Å². The molecule has 1 unspecified atom stereocenters. The number of likely N-dealkylation sites (tertiary alicyclic amines) is 1. The molecule has 1 atom stereocenters. The van der Waals surface area contributed by atoms with E-state index in [0.29, 0.717) is 0 Å². The van der Waals surface area contributed by atoms with Gasteiger partial charge >= 0.3 is 0 Å². The van der Waals surface area contributed by atoms with E-state index in [1.165, 1.54) is 32.2 Å². The lowest BCUT2D eigenvalue weighted by molar-refractivity contribution is 0.171. The highest BCUT2D eigenvalue weighted by Gasteiger charge is 2.17.